The Labute approximate surface area is 191 Å². The predicted octanol–water partition coefficient (Wildman–Crippen LogP) is 4.22. The third-order valence-electron chi connectivity index (χ3n) is 5.80. The van der Waals surface area contributed by atoms with Crippen LogP contribution in [-0.4, -0.2) is 40.8 Å². The van der Waals surface area contributed by atoms with Gasteiger partial charge in [-0.25, -0.2) is 4.39 Å². The second kappa shape index (κ2) is 8.86. The molecular weight excluding hydrogens is 421 g/mol. The largest absolute Gasteiger partial charge is 0.507 e. The summed E-state index contributed by atoms with van der Waals surface area (Å²) in [7, 11) is 3.84. The second-order valence-electron chi connectivity index (χ2n) is 8.23. The van der Waals surface area contributed by atoms with Gasteiger partial charge >= 0.3 is 0 Å². The molecule has 6 nitrogen and oxygen atoms in total. The average Bonchev–Trinajstić information content (AvgIpc) is 3.06. The van der Waals surface area contributed by atoms with Crippen molar-refractivity contribution in [2.24, 2.45) is 0 Å². The van der Waals surface area contributed by atoms with E-state index in [1.165, 1.54) is 23.1 Å². The van der Waals surface area contributed by atoms with E-state index in [0.29, 0.717) is 11.1 Å². The molecule has 1 N–H and O–H groups in total. The number of ketones is 1. The topological polar surface area (TPSA) is 73.7 Å². The molecule has 168 valence electrons. The summed E-state index contributed by atoms with van der Waals surface area (Å²) in [4.78, 5) is 33.6. The predicted molar refractivity (Wildman–Crippen MR) is 124 cm³/mol. The highest BCUT2D eigenvalue weighted by molar-refractivity contribution is 6.46. The Morgan fingerprint density at radius 2 is 1.73 bits per heavy atom. The summed E-state index contributed by atoms with van der Waals surface area (Å²) in [6.45, 7) is 1.75. The van der Waals surface area contributed by atoms with Gasteiger partial charge in [-0.05, 0) is 66.1 Å². The van der Waals surface area contributed by atoms with Gasteiger partial charge in [-0.2, -0.15) is 0 Å². The van der Waals surface area contributed by atoms with Gasteiger partial charge in [-0.1, -0.05) is 12.1 Å². The minimum atomic E-state index is -0.792. The van der Waals surface area contributed by atoms with E-state index in [-0.39, 0.29) is 23.4 Å². The number of likely N-dealkylation sites (tertiary alicyclic amines) is 1. The molecule has 4 rings (SSSR count). The molecule has 0 saturated carbocycles. The fraction of sp³-hybridized carbons (Fsp3) is 0.192. The third-order valence-corrected chi connectivity index (χ3v) is 5.80. The van der Waals surface area contributed by atoms with Crippen LogP contribution in [0.25, 0.3) is 5.76 Å². The number of hydrogen-bond acceptors (Lipinski definition) is 5. The molecule has 2 heterocycles. The van der Waals surface area contributed by atoms with E-state index < -0.39 is 23.5 Å². The molecule has 1 aliphatic heterocycles. The lowest BCUT2D eigenvalue weighted by molar-refractivity contribution is -0.140. The van der Waals surface area contributed by atoms with Crippen LogP contribution in [0.3, 0.4) is 0 Å². The van der Waals surface area contributed by atoms with Crippen LogP contribution in [0.2, 0.25) is 0 Å². The minimum Gasteiger partial charge on any atom is -0.507 e. The molecule has 1 unspecified atom stereocenters. The number of pyridine rings is 1. The van der Waals surface area contributed by atoms with Gasteiger partial charge in [0.15, 0.2) is 0 Å². The van der Waals surface area contributed by atoms with Gasteiger partial charge < -0.3 is 14.9 Å². The Bertz CT molecular complexity index is 1240. The van der Waals surface area contributed by atoms with Crippen LogP contribution >= 0.6 is 0 Å². The van der Waals surface area contributed by atoms with Crippen molar-refractivity contribution < 1.29 is 19.1 Å². The van der Waals surface area contributed by atoms with E-state index in [1.54, 1.807) is 31.5 Å². The van der Waals surface area contributed by atoms with Gasteiger partial charge in [0.2, 0.25) is 0 Å². The molecule has 1 atom stereocenters. The molecule has 0 aliphatic carbocycles. The molecule has 2 aromatic carbocycles. The normalized spacial score (nSPS) is 17.5. The monoisotopic (exact) mass is 445 g/mol. The van der Waals surface area contributed by atoms with Crippen LogP contribution in [-0.2, 0) is 16.1 Å². The number of carbonyl (C=O) groups is 2. The van der Waals surface area contributed by atoms with E-state index >= 15 is 0 Å². The SMILES string of the molecule is Cc1cc(/C(O)=C2/C(=O)C(=O)N(Cc3ccncc3)C2c2ccc(N(C)C)cc2)ccc1F. The maximum Gasteiger partial charge on any atom is 0.295 e. The second-order valence-corrected chi connectivity index (χ2v) is 8.23. The Balaban J connectivity index is 1.86. The summed E-state index contributed by atoms with van der Waals surface area (Å²) < 4.78 is 13.8. The summed E-state index contributed by atoms with van der Waals surface area (Å²) in [6.07, 6.45) is 3.24. The highest BCUT2D eigenvalue weighted by Gasteiger charge is 2.46. The number of hydrogen-bond donors (Lipinski definition) is 1. The molecule has 1 saturated heterocycles. The molecular formula is C26H24FN3O3. The van der Waals surface area contributed by atoms with Crippen molar-refractivity contribution in [3.05, 3.63) is 101 Å². The molecule has 0 spiro atoms. The molecule has 1 aromatic heterocycles. The molecule has 3 aromatic rings. The molecule has 1 fully saturated rings. The molecule has 0 radical (unpaired) electrons. The number of aliphatic hydroxyl groups is 1. The van der Waals surface area contributed by atoms with Crippen molar-refractivity contribution in [3.8, 4) is 0 Å². The fourth-order valence-corrected chi connectivity index (χ4v) is 3.98. The minimum absolute atomic E-state index is 0.0160. The summed E-state index contributed by atoms with van der Waals surface area (Å²) in [5.41, 5.74) is 3.05. The molecule has 0 bridgehead atoms. The zero-order chi connectivity index (χ0) is 23.7. The van der Waals surface area contributed by atoms with Crippen molar-refractivity contribution in [2.75, 3.05) is 19.0 Å². The highest BCUT2D eigenvalue weighted by atomic mass is 19.1. The van der Waals surface area contributed by atoms with Gasteiger partial charge in [-0.15, -0.1) is 0 Å². The number of halogens is 1. The first kappa shape index (κ1) is 22.2. The number of amides is 1. The number of benzene rings is 2. The van der Waals surface area contributed by atoms with E-state index in [1.807, 2.05) is 43.3 Å². The van der Waals surface area contributed by atoms with Crippen molar-refractivity contribution in [1.82, 2.24) is 9.88 Å². The first-order valence-electron chi connectivity index (χ1n) is 10.5. The van der Waals surface area contributed by atoms with Crippen LogP contribution in [0, 0.1) is 12.7 Å². The van der Waals surface area contributed by atoms with E-state index in [9.17, 15) is 19.1 Å². The summed E-state index contributed by atoms with van der Waals surface area (Å²) in [6, 6.07) is 14.3. The summed E-state index contributed by atoms with van der Waals surface area (Å²) in [5, 5.41) is 11.1. The number of aromatic nitrogens is 1. The van der Waals surface area contributed by atoms with Crippen LogP contribution in [0.15, 0.2) is 72.6 Å². The van der Waals surface area contributed by atoms with Crippen LogP contribution < -0.4 is 4.90 Å². The Morgan fingerprint density at radius 1 is 1.06 bits per heavy atom. The first-order chi connectivity index (χ1) is 15.8. The number of nitrogens with zero attached hydrogens (tertiary/aromatic N) is 3. The van der Waals surface area contributed by atoms with E-state index in [2.05, 4.69) is 4.98 Å². The van der Waals surface area contributed by atoms with E-state index in [0.717, 1.165) is 11.3 Å². The van der Waals surface area contributed by atoms with Crippen molar-refractivity contribution in [3.63, 3.8) is 0 Å². The van der Waals surface area contributed by atoms with Gasteiger partial charge in [0.1, 0.15) is 11.6 Å². The summed E-state index contributed by atoms with van der Waals surface area (Å²) >= 11 is 0. The molecule has 1 aliphatic rings. The maximum absolute atomic E-state index is 13.8. The van der Waals surface area contributed by atoms with E-state index in [4.69, 9.17) is 0 Å². The lowest BCUT2D eigenvalue weighted by Crippen LogP contribution is -2.29. The number of aryl methyl sites for hydroxylation is 1. The maximum atomic E-state index is 13.8. The zero-order valence-corrected chi connectivity index (χ0v) is 18.6. The fourth-order valence-electron chi connectivity index (χ4n) is 3.98. The number of carbonyl (C=O) groups excluding carboxylic acids is 2. The van der Waals surface area contributed by atoms with Gasteiger partial charge in [0.25, 0.3) is 11.7 Å². The van der Waals surface area contributed by atoms with Gasteiger partial charge in [0, 0.05) is 44.3 Å². The quantitative estimate of drug-likeness (QED) is 0.362. The number of Topliss-reactive ketones (excluding diaryl/α,β-unsaturated/α-hetero) is 1. The number of aliphatic hydroxyl groups excluding tert-OH is 1. The third kappa shape index (κ3) is 4.22. The standard InChI is InChI=1S/C26H24FN3O3/c1-16-14-19(6-9-21(16)27)24(31)22-23(18-4-7-20(8-5-18)29(2)3)30(26(33)25(22)32)15-17-10-12-28-13-11-17/h4-14,23,31H,15H2,1-3H3/b24-22-. The van der Waals surface area contributed by atoms with Gasteiger partial charge in [-0.3, -0.25) is 14.6 Å². The van der Waals surface area contributed by atoms with Gasteiger partial charge in [0.05, 0.1) is 11.6 Å². The molecule has 1 amide bonds. The van der Waals surface area contributed by atoms with Crippen molar-refractivity contribution in [2.45, 2.75) is 19.5 Å². The number of anilines is 1. The van der Waals surface area contributed by atoms with Crippen LogP contribution in [0.4, 0.5) is 10.1 Å². The lowest BCUT2D eigenvalue weighted by Gasteiger charge is -2.26. The summed E-state index contributed by atoms with van der Waals surface area (Å²) in [5.74, 6) is -2.21. The van der Waals surface area contributed by atoms with Crippen LogP contribution in [0.5, 0.6) is 0 Å². The Kier molecular flexibility index (Phi) is 5.96. The lowest BCUT2D eigenvalue weighted by atomic mass is 9.94. The van der Waals surface area contributed by atoms with Crippen molar-refractivity contribution >= 4 is 23.1 Å². The van der Waals surface area contributed by atoms with Crippen LogP contribution in [0.1, 0.15) is 28.3 Å². The zero-order valence-electron chi connectivity index (χ0n) is 18.6. The highest BCUT2D eigenvalue weighted by Crippen LogP contribution is 2.40. The molecule has 7 heteroatoms. The van der Waals surface area contributed by atoms with Crippen molar-refractivity contribution in [1.29, 1.82) is 0 Å². The Hall–Kier alpha value is -4.00. The smallest absolute Gasteiger partial charge is 0.295 e. The first-order valence-corrected chi connectivity index (χ1v) is 10.5. The average molecular weight is 445 g/mol. The Morgan fingerprint density at radius 3 is 2.33 bits per heavy atom. The number of rotatable bonds is 5. The molecule has 33 heavy (non-hydrogen) atoms.